The number of carbonyl (C=O) groups is 2. The number of rotatable bonds is 2. The van der Waals surface area contributed by atoms with Crippen molar-refractivity contribution in [3.05, 3.63) is 24.0 Å². The van der Waals surface area contributed by atoms with E-state index in [1.807, 2.05) is 0 Å². The Morgan fingerprint density at radius 2 is 2.11 bits per heavy atom. The van der Waals surface area contributed by atoms with Gasteiger partial charge in [-0.3, -0.25) is 14.6 Å². The van der Waals surface area contributed by atoms with E-state index in [0.717, 1.165) is 12.8 Å². The minimum atomic E-state index is -0.193. The first-order valence-electron chi connectivity index (χ1n) is 6.27. The van der Waals surface area contributed by atoms with Gasteiger partial charge in [0.1, 0.15) is 5.75 Å². The molecule has 1 aliphatic rings. The molecule has 1 aliphatic heterocycles. The van der Waals surface area contributed by atoms with Gasteiger partial charge in [0.15, 0.2) is 0 Å². The number of likely N-dealkylation sites (tertiary alicyclic amines) is 1. The third-order valence-corrected chi connectivity index (χ3v) is 3.22. The summed E-state index contributed by atoms with van der Waals surface area (Å²) >= 11 is 0. The summed E-state index contributed by atoms with van der Waals surface area (Å²) in [6.45, 7) is 2.64. The Bertz CT molecular complexity index is 482. The van der Waals surface area contributed by atoms with Gasteiger partial charge in [0.2, 0.25) is 5.91 Å². The van der Waals surface area contributed by atoms with Gasteiger partial charge >= 0.3 is 0 Å². The molecule has 0 aliphatic carbocycles. The molecule has 1 fully saturated rings. The third kappa shape index (κ3) is 3.21. The van der Waals surface area contributed by atoms with Crippen LogP contribution >= 0.6 is 0 Å². The van der Waals surface area contributed by atoms with Crippen molar-refractivity contribution in [2.24, 2.45) is 0 Å². The molecule has 0 saturated carbocycles. The van der Waals surface area contributed by atoms with Crippen molar-refractivity contribution in [3.63, 3.8) is 0 Å². The number of nitrogens with one attached hydrogen (secondary N) is 1. The molecule has 0 radical (unpaired) electrons. The highest BCUT2D eigenvalue weighted by Crippen LogP contribution is 2.19. The highest BCUT2D eigenvalue weighted by molar-refractivity contribution is 5.96. The molecule has 0 bridgehead atoms. The number of nitrogens with zero attached hydrogens (tertiary/aromatic N) is 2. The van der Waals surface area contributed by atoms with E-state index in [4.69, 9.17) is 0 Å². The zero-order valence-electron chi connectivity index (χ0n) is 10.8. The van der Waals surface area contributed by atoms with Gasteiger partial charge in [0.25, 0.3) is 5.91 Å². The second-order valence-corrected chi connectivity index (χ2v) is 4.66. The molecule has 2 rings (SSSR count). The fourth-order valence-electron chi connectivity index (χ4n) is 2.25. The predicted molar refractivity (Wildman–Crippen MR) is 68.6 cm³/mol. The van der Waals surface area contributed by atoms with Gasteiger partial charge in [-0.05, 0) is 18.9 Å². The average Bonchev–Trinajstić information content (AvgIpc) is 2.39. The fourth-order valence-corrected chi connectivity index (χ4v) is 2.25. The molecule has 0 unspecified atom stereocenters. The van der Waals surface area contributed by atoms with Gasteiger partial charge in [0.05, 0.1) is 11.8 Å². The topological polar surface area (TPSA) is 82.5 Å². The number of carbonyl (C=O) groups excluding carboxylic acids is 2. The second-order valence-electron chi connectivity index (χ2n) is 4.66. The molecule has 2 heterocycles. The smallest absolute Gasteiger partial charge is 0.257 e. The van der Waals surface area contributed by atoms with E-state index >= 15 is 0 Å². The minimum Gasteiger partial charge on any atom is -0.505 e. The number of aromatic hydroxyl groups is 1. The quantitative estimate of drug-likeness (QED) is 0.815. The predicted octanol–water partition coefficient (Wildman–Crippen LogP) is 0.528. The number of aromatic nitrogens is 1. The van der Waals surface area contributed by atoms with E-state index in [1.54, 1.807) is 4.90 Å². The van der Waals surface area contributed by atoms with Crippen LogP contribution < -0.4 is 5.32 Å². The minimum absolute atomic E-state index is 0.0449. The molecule has 0 atom stereocenters. The molecule has 1 aromatic rings. The van der Waals surface area contributed by atoms with Crippen LogP contribution in [0.3, 0.4) is 0 Å². The summed E-state index contributed by atoms with van der Waals surface area (Å²) in [4.78, 5) is 28.6. The summed E-state index contributed by atoms with van der Waals surface area (Å²) in [5.74, 6) is -0.339. The summed E-state index contributed by atoms with van der Waals surface area (Å²) in [6.07, 6.45) is 4.21. The summed E-state index contributed by atoms with van der Waals surface area (Å²) < 4.78 is 0. The SMILES string of the molecule is CC(=O)NC1CCN(C(=O)c2ccncc2O)CC1. The van der Waals surface area contributed by atoms with Crippen molar-refractivity contribution < 1.29 is 14.7 Å². The van der Waals surface area contributed by atoms with Crippen LogP contribution in [-0.4, -0.2) is 45.9 Å². The molecule has 2 N–H and O–H groups in total. The zero-order valence-corrected chi connectivity index (χ0v) is 10.8. The zero-order chi connectivity index (χ0) is 13.8. The Labute approximate surface area is 111 Å². The molecule has 6 nitrogen and oxygen atoms in total. The first-order chi connectivity index (χ1) is 9.08. The number of amides is 2. The van der Waals surface area contributed by atoms with Crippen molar-refractivity contribution in [2.75, 3.05) is 13.1 Å². The lowest BCUT2D eigenvalue weighted by atomic mass is 10.0. The van der Waals surface area contributed by atoms with E-state index in [9.17, 15) is 14.7 Å². The number of hydrogen-bond acceptors (Lipinski definition) is 4. The Balaban J connectivity index is 1.96. The van der Waals surface area contributed by atoms with Gasteiger partial charge in [-0.15, -0.1) is 0 Å². The van der Waals surface area contributed by atoms with Crippen molar-refractivity contribution >= 4 is 11.8 Å². The second kappa shape index (κ2) is 5.69. The third-order valence-electron chi connectivity index (χ3n) is 3.22. The maximum atomic E-state index is 12.2. The normalized spacial score (nSPS) is 16.2. The first-order valence-corrected chi connectivity index (χ1v) is 6.27. The molecule has 19 heavy (non-hydrogen) atoms. The Hall–Kier alpha value is -2.11. The Kier molecular flexibility index (Phi) is 3.99. The molecule has 2 amide bonds. The molecular weight excluding hydrogens is 246 g/mol. The summed E-state index contributed by atoms with van der Waals surface area (Å²) in [6, 6.07) is 1.64. The van der Waals surface area contributed by atoms with Crippen molar-refractivity contribution in [2.45, 2.75) is 25.8 Å². The largest absolute Gasteiger partial charge is 0.505 e. The van der Waals surface area contributed by atoms with Crippen LogP contribution in [0.5, 0.6) is 5.75 Å². The van der Waals surface area contributed by atoms with Crippen LogP contribution in [0.4, 0.5) is 0 Å². The van der Waals surface area contributed by atoms with Crippen LogP contribution in [0, 0.1) is 0 Å². The van der Waals surface area contributed by atoms with Crippen molar-refractivity contribution in [3.8, 4) is 5.75 Å². The van der Waals surface area contributed by atoms with Gasteiger partial charge in [-0.1, -0.05) is 0 Å². The number of hydrogen-bond donors (Lipinski definition) is 2. The van der Waals surface area contributed by atoms with Gasteiger partial charge in [-0.25, -0.2) is 0 Å². The highest BCUT2D eigenvalue weighted by Gasteiger charge is 2.25. The van der Waals surface area contributed by atoms with E-state index in [2.05, 4.69) is 10.3 Å². The molecule has 1 aromatic heterocycles. The maximum Gasteiger partial charge on any atom is 0.257 e. The van der Waals surface area contributed by atoms with E-state index in [0.29, 0.717) is 13.1 Å². The average molecular weight is 263 g/mol. The summed E-state index contributed by atoms with van der Waals surface area (Å²) in [5, 5.41) is 12.5. The fraction of sp³-hybridized carbons (Fsp3) is 0.462. The number of piperidine rings is 1. The first kappa shape index (κ1) is 13.3. The molecule has 0 spiro atoms. The van der Waals surface area contributed by atoms with Crippen LogP contribution in [0.25, 0.3) is 0 Å². The lowest BCUT2D eigenvalue weighted by Gasteiger charge is -2.32. The van der Waals surface area contributed by atoms with E-state index < -0.39 is 0 Å². The van der Waals surface area contributed by atoms with Crippen LogP contribution in [-0.2, 0) is 4.79 Å². The monoisotopic (exact) mass is 263 g/mol. The molecule has 1 saturated heterocycles. The molecular formula is C13H17N3O3. The molecule has 6 heteroatoms. The van der Waals surface area contributed by atoms with Gasteiger partial charge < -0.3 is 15.3 Å². The van der Waals surface area contributed by atoms with E-state index in [1.165, 1.54) is 25.4 Å². The maximum absolute atomic E-state index is 12.2. The lowest BCUT2D eigenvalue weighted by Crippen LogP contribution is -2.46. The Morgan fingerprint density at radius 1 is 1.42 bits per heavy atom. The highest BCUT2D eigenvalue weighted by atomic mass is 16.3. The van der Waals surface area contributed by atoms with Gasteiger partial charge in [0, 0.05) is 32.3 Å². The van der Waals surface area contributed by atoms with Crippen LogP contribution in [0.15, 0.2) is 18.5 Å². The number of pyridine rings is 1. The van der Waals surface area contributed by atoms with Crippen LogP contribution in [0.2, 0.25) is 0 Å². The van der Waals surface area contributed by atoms with E-state index in [-0.39, 0.29) is 29.2 Å². The molecule has 102 valence electrons. The van der Waals surface area contributed by atoms with Crippen LogP contribution in [0.1, 0.15) is 30.1 Å². The van der Waals surface area contributed by atoms with Crippen molar-refractivity contribution in [1.29, 1.82) is 0 Å². The molecule has 0 aromatic carbocycles. The van der Waals surface area contributed by atoms with Gasteiger partial charge in [-0.2, -0.15) is 0 Å². The lowest BCUT2D eigenvalue weighted by molar-refractivity contribution is -0.119. The summed E-state index contributed by atoms with van der Waals surface area (Å²) in [7, 11) is 0. The standard InChI is InChI=1S/C13H17N3O3/c1-9(17)15-10-3-6-16(7-4-10)13(19)11-2-5-14-8-12(11)18/h2,5,8,10,18H,3-4,6-7H2,1H3,(H,15,17). The van der Waals surface area contributed by atoms with Crippen molar-refractivity contribution in [1.82, 2.24) is 15.2 Å². The Morgan fingerprint density at radius 3 is 2.68 bits per heavy atom. The summed E-state index contributed by atoms with van der Waals surface area (Å²) in [5.41, 5.74) is 0.271.